The van der Waals surface area contributed by atoms with E-state index in [9.17, 15) is 20.0 Å². The maximum atomic E-state index is 12.2. The van der Waals surface area contributed by atoms with Crippen molar-refractivity contribution in [3.05, 3.63) is 28.3 Å². The molecule has 7 nitrogen and oxygen atoms in total. The Kier molecular flexibility index (Phi) is 4.04. The van der Waals surface area contributed by atoms with Crippen molar-refractivity contribution in [2.45, 2.75) is 33.2 Å². The van der Waals surface area contributed by atoms with Gasteiger partial charge in [-0.15, -0.1) is 0 Å². The minimum atomic E-state index is -0.927. The smallest absolute Gasteiger partial charge is 0.271 e. The molecule has 0 bridgehead atoms. The first-order valence-electron chi connectivity index (χ1n) is 6.04. The van der Waals surface area contributed by atoms with Crippen LogP contribution in [0.5, 0.6) is 5.75 Å². The van der Waals surface area contributed by atoms with Crippen molar-refractivity contribution in [1.29, 1.82) is 0 Å². The Labute approximate surface area is 116 Å². The summed E-state index contributed by atoms with van der Waals surface area (Å²) < 4.78 is 0. The van der Waals surface area contributed by atoms with Gasteiger partial charge in [-0.3, -0.25) is 14.9 Å². The number of phenolic OH excluding ortho intramolecular Hbond substituents is 1. The molecule has 1 aromatic rings. The predicted molar refractivity (Wildman–Crippen MR) is 75.4 cm³/mol. The number of carbonyl (C=O) groups is 1. The number of hydrogen-bond acceptors (Lipinski definition) is 5. The van der Waals surface area contributed by atoms with Gasteiger partial charge in [-0.1, -0.05) is 0 Å². The van der Waals surface area contributed by atoms with Gasteiger partial charge in [0.25, 0.3) is 5.69 Å². The summed E-state index contributed by atoms with van der Waals surface area (Å²) >= 11 is 0. The highest BCUT2D eigenvalue weighted by molar-refractivity contribution is 5.97. The molecule has 0 aliphatic heterocycles. The zero-order chi connectivity index (χ0) is 15.7. The van der Waals surface area contributed by atoms with Gasteiger partial charge in [-0.05, 0) is 33.8 Å². The maximum absolute atomic E-state index is 12.2. The van der Waals surface area contributed by atoms with Crippen molar-refractivity contribution >= 4 is 17.3 Å². The molecule has 4 N–H and O–H groups in total. The number of nitro benzene ring substituents is 1. The lowest BCUT2D eigenvalue weighted by Crippen LogP contribution is -2.53. The van der Waals surface area contributed by atoms with Crippen LogP contribution in [0.25, 0.3) is 0 Å². The lowest BCUT2D eigenvalue weighted by atomic mass is 9.74. The highest BCUT2D eigenvalue weighted by atomic mass is 16.6. The number of benzene rings is 1. The largest absolute Gasteiger partial charge is 0.506 e. The van der Waals surface area contributed by atoms with E-state index >= 15 is 0 Å². The Morgan fingerprint density at radius 2 is 1.90 bits per heavy atom. The van der Waals surface area contributed by atoms with Gasteiger partial charge in [-0.2, -0.15) is 0 Å². The zero-order valence-corrected chi connectivity index (χ0v) is 11.9. The lowest BCUT2D eigenvalue weighted by Gasteiger charge is -2.36. The lowest BCUT2D eigenvalue weighted by molar-refractivity contribution is -0.384. The van der Waals surface area contributed by atoms with E-state index in [1.165, 1.54) is 0 Å². The fourth-order valence-corrected chi connectivity index (χ4v) is 1.31. The van der Waals surface area contributed by atoms with E-state index in [1.54, 1.807) is 27.7 Å². The van der Waals surface area contributed by atoms with Crippen LogP contribution in [0.3, 0.4) is 0 Å². The van der Waals surface area contributed by atoms with Crippen molar-refractivity contribution in [3.63, 3.8) is 0 Å². The van der Waals surface area contributed by atoms with Crippen LogP contribution in [0, 0.1) is 15.5 Å². The summed E-state index contributed by atoms with van der Waals surface area (Å²) in [7, 11) is 0. The SMILES string of the molecule is CC(C)(N)C(C)(C)C(=O)Nc1cc([N+](=O)[O-])ccc1O. The minimum absolute atomic E-state index is 0.0125. The van der Waals surface area contributed by atoms with Gasteiger partial charge in [0.15, 0.2) is 0 Å². The molecule has 0 heterocycles. The summed E-state index contributed by atoms with van der Waals surface area (Å²) in [6.45, 7) is 6.74. The van der Waals surface area contributed by atoms with Gasteiger partial charge in [0.1, 0.15) is 5.75 Å². The average Bonchev–Trinajstić information content (AvgIpc) is 2.29. The van der Waals surface area contributed by atoms with E-state index in [1.807, 2.05) is 0 Å². The van der Waals surface area contributed by atoms with Crippen LogP contribution in [0.4, 0.5) is 11.4 Å². The van der Waals surface area contributed by atoms with Crippen molar-refractivity contribution in [1.82, 2.24) is 0 Å². The van der Waals surface area contributed by atoms with E-state index in [-0.39, 0.29) is 17.1 Å². The molecule has 0 radical (unpaired) electrons. The maximum Gasteiger partial charge on any atom is 0.271 e. The van der Waals surface area contributed by atoms with Crippen LogP contribution in [-0.4, -0.2) is 21.5 Å². The summed E-state index contributed by atoms with van der Waals surface area (Å²) in [6.07, 6.45) is 0. The first kappa shape index (κ1) is 15.9. The van der Waals surface area contributed by atoms with E-state index in [2.05, 4.69) is 5.32 Å². The monoisotopic (exact) mass is 281 g/mol. The van der Waals surface area contributed by atoms with E-state index in [4.69, 9.17) is 5.73 Å². The fraction of sp³-hybridized carbons (Fsp3) is 0.462. The summed E-state index contributed by atoms with van der Waals surface area (Å²) in [4.78, 5) is 22.3. The van der Waals surface area contributed by atoms with Gasteiger partial charge in [-0.25, -0.2) is 0 Å². The molecule has 0 atom stereocenters. The molecule has 0 saturated heterocycles. The van der Waals surface area contributed by atoms with E-state index < -0.39 is 21.8 Å². The van der Waals surface area contributed by atoms with Gasteiger partial charge in [0, 0.05) is 17.7 Å². The van der Waals surface area contributed by atoms with Crippen LogP contribution in [0.15, 0.2) is 18.2 Å². The van der Waals surface area contributed by atoms with Crippen LogP contribution in [-0.2, 0) is 4.79 Å². The fourth-order valence-electron chi connectivity index (χ4n) is 1.31. The van der Waals surface area contributed by atoms with E-state index in [0.717, 1.165) is 18.2 Å². The molecule has 0 aromatic heterocycles. The quantitative estimate of drug-likeness (QED) is 0.443. The normalized spacial score (nSPS) is 12.1. The topological polar surface area (TPSA) is 118 Å². The summed E-state index contributed by atoms with van der Waals surface area (Å²) in [5, 5.41) is 22.8. The number of hydrogen-bond donors (Lipinski definition) is 3. The first-order valence-corrected chi connectivity index (χ1v) is 6.04. The Morgan fingerprint density at radius 1 is 1.35 bits per heavy atom. The number of phenols is 1. The molecule has 0 aliphatic rings. The Morgan fingerprint density at radius 3 is 2.35 bits per heavy atom. The average molecular weight is 281 g/mol. The van der Waals surface area contributed by atoms with Gasteiger partial charge in [0.2, 0.25) is 5.91 Å². The second-order valence-corrected chi connectivity index (χ2v) is 5.76. The van der Waals surface area contributed by atoms with Crippen molar-refractivity contribution in [3.8, 4) is 5.75 Å². The Bertz CT molecular complexity index is 547. The number of anilines is 1. The molecule has 0 unspecified atom stereocenters. The number of nitrogens with two attached hydrogens (primary N) is 1. The van der Waals surface area contributed by atoms with Gasteiger partial charge in [0.05, 0.1) is 16.0 Å². The second-order valence-electron chi connectivity index (χ2n) is 5.76. The number of carbonyl (C=O) groups excluding carboxylic acids is 1. The second kappa shape index (κ2) is 5.09. The molecule has 0 aliphatic carbocycles. The first-order chi connectivity index (χ1) is 8.96. The van der Waals surface area contributed by atoms with Gasteiger partial charge >= 0.3 is 0 Å². The van der Waals surface area contributed by atoms with Gasteiger partial charge < -0.3 is 16.2 Å². The summed E-state index contributed by atoms with van der Waals surface area (Å²) in [5.41, 5.74) is 4.00. The van der Waals surface area contributed by atoms with Crippen LogP contribution >= 0.6 is 0 Å². The third kappa shape index (κ3) is 3.05. The van der Waals surface area contributed by atoms with E-state index in [0.29, 0.717) is 0 Å². The number of nitrogens with one attached hydrogen (secondary N) is 1. The standard InChI is InChI=1S/C13H19N3O4/c1-12(2,13(3,4)14)11(18)15-9-7-8(16(19)20)5-6-10(9)17/h5-7,17H,14H2,1-4H3,(H,15,18). The molecular weight excluding hydrogens is 262 g/mol. The molecule has 0 fully saturated rings. The molecular formula is C13H19N3O4. The Hall–Kier alpha value is -2.15. The van der Waals surface area contributed by atoms with Crippen LogP contribution in [0.1, 0.15) is 27.7 Å². The summed E-state index contributed by atoms with van der Waals surface area (Å²) in [6, 6.07) is 3.42. The third-order valence-electron chi connectivity index (χ3n) is 3.62. The van der Waals surface area contributed by atoms with Crippen LogP contribution in [0.2, 0.25) is 0 Å². The number of nitrogens with zero attached hydrogens (tertiary/aromatic N) is 1. The predicted octanol–water partition coefficient (Wildman–Crippen LogP) is 2.00. The molecule has 110 valence electrons. The molecule has 20 heavy (non-hydrogen) atoms. The molecule has 0 spiro atoms. The zero-order valence-electron chi connectivity index (χ0n) is 11.9. The van der Waals surface area contributed by atoms with Crippen molar-refractivity contribution < 1.29 is 14.8 Å². The summed E-state index contributed by atoms with van der Waals surface area (Å²) in [5.74, 6) is -0.671. The number of aromatic hydroxyl groups is 1. The molecule has 7 heteroatoms. The van der Waals surface area contributed by atoms with Crippen LogP contribution < -0.4 is 11.1 Å². The van der Waals surface area contributed by atoms with Crippen molar-refractivity contribution in [2.24, 2.45) is 11.1 Å². The van der Waals surface area contributed by atoms with Crippen molar-refractivity contribution in [2.75, 3.05) is 5.32 Å². The highest BCUT2D eigenvalue weighted by Crippen LogP contribution is 2.33. The molecule has 1 amide bonds. The number of amides is 1. The third-order valence-corrected chi connectivity index (χ3v) is 3.62. The highest BCUT2D eigenvalue weighted by Gasteiger charge is 2.40. The number of nitro groups is 1. The molecule has 0 saturated carbocycles. The number of rotatable bonds is 4. The molecule has 1 rings (SSSR count). The number of non-ortho nitro benzene ring substituents is 1. The Balaban J connectivity index is 3.08. The minimum Gasteiger partial charge on any atom is -0.506 e. The molecule has 1 aromatic carbocycles.